The second-order valence-electron chi connectivity index (χ2n) is 5.93. The van der Waals surface area contributed by atoms with Crippen LogP contribution in [0, 0.1) is 6.92 Å². The average molecular weight is 306 g/mol. The molecule has 6 heteroatoms. The van der Waals surface area contributed by atoms with Gasteiger partial charge >= 0.3 is 0 Å². The van der Waals surface area contributed by atoms with E-state index >= 15 is 0 Å². The van der Waals surface area contributed by atoms with Crippen LogP contribution in [0.5, 0.6) is 0 Å². The van der Waals surface area contributed by atoms with Crippen LogP contribution in [0.1, 0.15) is 35.4 Å². The topological polar surface area (TPSA) is 63.0 Å². The van der Waals surface area contributed by atoms with Crippen molar-refractivity contribution >= 4 is 11.8 Å². The third-order valence-corrected chi connectivity index (χ3v) is 4.77. The molecule has 120 valence electrons. The molecule has 0 aromatic carbocycles. The predicted molar refractivity (Wildman–Crippen MR) is 79.5 cm³/mol. The molecule has 1 aromatic heterocycles. The number of rotatable bonds is 4. The Morgan fingerprint density at radius 1 is 1.41 bits per heavy atom. The maximum atomic E-state index is 12.7. The largest absolute Gasteiger partial charge is 0.469 e. The van der Waals surface area contributed by atoms with E-state index in [1.807, 2.05) is 9.80 Å². The van der Waals surface area contributed by atoms with Crippen molar-refractivity contribution in [2.24, 2.45) is 0 Å². The van der Waals surface area contributed by atoms with E-state index in [1.54, 1.807) is 26.4 Å². The van der Waals surface area contributed by atoms with Crippen LogP contribution < -0.4 is 0 Å². The van der Waals surface area contributed by atoms with Crippen LogP contribution in [0.4, 0.5) is 0 Å². The Morgan fingerprint density at radius 3 is 2.91 bits per heavy atom. The van der Waals surface area contributed by atoms with Crippen LogP contribution in [0.15, 0.2) is 16.7 Å². The van der Waals surface area contributed by atoms with Gasteiger partial charge in [-0.1, -0.05) is 0 Å². The number of aryl methyl sites for hydroxylation is 1. The quantitative estimate of drug-likeness (QED) is 0.844. The summed E-state index contributed by atoms with van der Waals surface area (Å²) in [5.41, 5.74) is 0.626. The van der Waals surface area contributed by atoms with Gasteiger partial charge in [0, 0.05) is 26.6 Å². The first-order valence-corrected chi connectivity index (χ1v) is 7.77. The fourth-order valence-electron chi connectivity index (χ4n) is 3.64. The maximum absolute atomic E-state index is 12.7. The van der Waals surface area contributed by atoms with Gasteiger partial charge in [0.1, 0.15) is 5.76 Å². The van der Waals surface area contributed by atoms with Crippen molar-refractivity contribution in [2.45, 2.75) is 38.3 Å². The Kier molecular flexibility index (Phi) is 4.20. The van der Waals surface area contributed by atoms with Crippen LogP contribution in [0.25, 0.3) is 0 Å². The SMILES string of the molecule is COCCN1C(=O)CC[C@H]2[C@@H]1CCN2C(=O)c1ccoc1C. The molecule has 0 saturated carbocycles. The van der Waals surface area contributed by atoms with Gasteiger partial charge < -0.3 is 19.0 Å². The molecule has 0 radical (unpaired) electrons. The molecular weight excluding hydrogens is 284 g/mol. The van der Waals surface area contributed by atoms with Crippen molar-refractivity contribution in [3.8, 4) is 0 Å². The molecule has 0 bridgehead atoms. The van der Waals surface area contributed by atoms with E-state index in [-0.39, 0.29) is 23.9 Å². The van der Waals surface area contributed by atoms with Crippen LogP contribution >= 0.6 is 0 Å². The number of nitrogens with zero attached hydrogens (tertiary/aromatic N) is 2. The smallest absolute Gasteiger partial charge is 0.257 e. The zero-order chi connectivity index (χ0) is 15.7. The molecule has 2 aliphatic rings. The minimum absolute atomic E-state index is 0.0137. The van der Waals surface area contributed by atoms with E-state index in [0.29, 0.717) is 37.4 Å². The van der Waals surface area contributed by atoms with E-state index in [9.17, 15) is 9.59 Å². The standard InChI is InChI=1S/C16H22N2O4/c1-11-12(6-9-22-11)16(20)18-7-5-14-13(18)3-4-15(19)17(14)8-10-21-2/h6,9,13-14H,3-5,7-8,10H2,1-2H3/t13-,14-/m0/s1. The molecule has 2 saturated heterocycles. The summed E-state index contributed by atoms with van der Waals surface area (Å²) in [5, 5.41) is 0. The summed E-state index contributed by atoms with van der Waals surface area (Å²) >= 11 is 0. The third kappa shape index (κ3) is 2.52. The molecule has 6 nitrogen and oxygen atoms in total. The van der Waals surface area contributed by atoms with Gasteiger partial charge in [-0.15, -0.1) is 0 Å². The number of methoxy groups -OCH3 is 1. The summed E-state index contributed by atoms with van der Waals surface area (Å²) in [5.74, 6) is 0.837. The highest BCUT2D eigenvalue weighted by molar-refractivity contribution is 5.95. The molecule has 1 aromatic rings. The summed E-state index contributed by atoms with van der Waals surface area (Å²) in [7, 11) is 1.64. The van der Waals surface area contributed by atoms with Gasteiger partial charge in [0.25, 0.3) is 5.91 Å². The molecule has 22 heavy (non-hydrogen) atoms. The van der Waals surface area contributed by atoms with E-state index < -0.39 is 0 Å². The first kappa shape index (κ1) is 15.1. The highest BCUT2D eigenvalue weighted by Gasteiger charge is 2.45. The molecule has 0 unspecified atom stereocenters. The molecule has 0 aliphatic carbocycles. The van der Waals surface area contributed by atoms with Crippen molar-refractivity contribution in [1.82, 2.24) is 9.80 Å². The molecule has 2 amide bonds. The van der Waals surface area contributed by atoms with Gasteiger partial charge in [-0.05, 0) is 25.8 Å². The van der Waals surface area contributed by atoms with Crippen molar-refractivity contribution < 1.29 is 18.7 Å². The van der Waals surface area contributed by atoms with E-state index in [0.717, 1.165) is 12.8 Å². The Morgan fingerprint density at radius 2 is 2.23 bits per heavy atom. The fourth-order valence-corrected chi connectivity index (χ4v) is 3.64. The van der Waals surface area contributed by atoms with Crippen LogP contribution in [0.3, 0.4) is 0 Å². The average Bonchev–Trinajstić information content (AvgIpc) is 3.12. The number of likely N-dealkylation sites (tertiary alicyclic amines) is 2. The number of piperidine rings is 1. The van der Waals surface area contributed by atoms with Gasteiger partial charge in [-0.3, -0.25) is 9.59 Å². The third-order valence-electron chi connectivity index (χ3n) is 4.77. The number of hydrogen-bond acceptors (Lipinski definition) is 4. The van der Waals surface area contributed by atoms with E-state index in [4.69, 9.17) is 9.15 Å². The lowest BCUT2D eigenvalue weighted by Crippen LogP contribution is -2.54. The molecule has 2 atom stereocenters. The zero-order valence-corrected chi connectivity index (χ0v) is 13.1. The van der Waals surface area contributed by atoms with Crippen molar-refractivity contribution in [1.29, 1.82) is 0 Å². The zero-order valence-electron chi connectivity index (χ0n) is 13.1. The number of amides is 2. The Hall–Kier alpha value is -1.82. The monoisotopic (exact) mass is 306 g/mol. The molecule has 2 fully saturated rings. The molecular formula is C16H22N2O4. The molecule has 0 N–H and O–H groups in total. The highest BCUT2D eigenvalue weighted by Crippen LogP contribution is 2.32. The molecule has 3 rings (SSSR count). The minimum atomic E-state index is 0.0137. The van der Waals surface area contributed by atoms with Gasteiger partial charge in [0.15, 0.2) is 0 Å². The maximum Gasteiger partial charge on any atom is 0.257 e. The Balaban J connectivity index is 1.76. The summed E-state index contributed by atoms with van der Waals surface area (Å²) < 4.78 is 10.3. The van der Waals surface area contributed by atoms with Crippen LogP contribution in [-0.4, -0.2) is 60.5 Å². The summed E-state index contributed by atoms with van der Waals surface area (Å²) in [6, 6.07) is 1.95. The van der Waals surface area contributed by atoms with Crippen molar-refractivity contribution in [3.63, 3.8) is 0 Å². The van der Waals surface area contributed by atoms with Gasteiger partial charge in [-0.2, -0.15) is 0 Å². The van der Waals surface area contributed by atoms with Crippen molar-refractivity contribution in [3.05, 3.63) is 23.7 Å². The summed E-state index contributed by atoms with van der Waals surface area (Å²) in [6.07, 6.45) is 3.63. The second kappa shape index (κ2) is 6.12. The summed E-state index contributed by atoms with van der Waals surface area (Å²) in [6.45, 7) is 3.62. The summed E-state index contributed by atoms with van der Waals surface area (Å²) in [4.78, 5) is 28.7. The second-order valence-corrected chi connectivity index (χ2v) is 5.93. The number of fused-ring (bicyclic) bond motifs is 1. The van der Waals surface area contributed by atoms with Crippen LogP contribution in [-0.2, 0) is 9.53 Å². The number of furan rings is 1. The number of ether oxygens (including phenoxy) is 1. The van der Waals surface area contributed by atoms with E-state index in [1.165, 1.54) is 0 Å². The highest BCUT2D eigenvalue weighted by atomic mass is 16.5. The Labute approximate surface area is 130 Å². The lowest BCUT2D eigenvalue weighted by Gasteiger charge is -2.39. The van der Waals surface area contributed by atoms with E-state index in [2.05, 4.69) is 0 Å². The number of carbonyl (C=O) groups is 2. The number of hydrogen-bond donors (Lipinski definition) is 0. The molecule has 2 aliphatic heterocycles. The lowest BCUT2D eigenvalue weighted by atomic mass is 9.96. The lowest BCUT2D eigenvalue weighted by molar-refractivity contribution is -0.138. The fraction of sp³-hybridized carbons (Fsp3) is 0.625. The number of carbonyl (C=O) groups excluding carboxylic acids is 2. The van der Waals surface area contributed by atoms with Crippen LogP contribution in [0.2, 0.25) is 0 Å². The minimum Gasteiger partial charge on any atom is -0.469 e. The predicted octanol–water partition coefficient (Wildman–Crippen LogP) is 1.44. The normalized spacial score (nSPS) is 24.7. The Bertz CT molecular complexity index is 568. The molecule has 0 spiro atoms. The first-order chi connectivity index (χ1) is 10.6. The van der Waals surface area contributed by atoms with Gasteiger partial charge in [-0.25, -0.2) is 0 Å². The van der Waals surface area contributed by atoms with Gasteiger partial charge in [0.2, 0.25) is 5.91 Å². The molecule has 3 heterocycles. The van der Waals surface area contributed by atoms with Gasteiger partial charge in [0.05, 0.1) is 30.5 Å². The van der Waals surface area contributed by atoms with Crippen molar-refractivity contribution in [2.75, 3.05) is 26.8 Å². The first-order valence-electron chi connectivity index (χ1n) is 7.77.